The molecule has 2 nitrogen and oxygen atoms in total. The molecule has 3 aromatic carbocycles. The van der Waals surface area contributed by atoms with Gasteiger partial charge in [0.1, 0.15) is 0 Å². The van der Waals surface area contributed by atoms with E-state index in [2.05, 4.69) is 0 Å². The molecule has 0 fully saturated rings. The Kier molecular flexibility index (Phi) is 3.66. The van der Waals surface area contributed by atoms with Gasteiger partial charge in [-0.2, -0.15) is 0 Å². The van der Waals surface area contributed by atoms with Gasteiger partial charge >= 0.3 is 0 Å². The molecule has 0 aliphatic heterocycles. The molecule has 0 aromatic heterocycles. The summed E-state index contributed by atoms with van der Waals surface area (Å²) < 4.78 is 25.6. The summed E-state index contributed by atoms with van der Waals surface area (Å²) in [5, 5.41) is 2.35. The van der Waals surface area contributed by atoms with Crippen LogP contribution in [0.1, 0.15) is 0 Å². The second-order valence-electron chi connectivity index (χ2n) is 4.55. The zero-order valence-electron chi connectivity index (χ0n) is 10.8. The van der Waals surface area contributed by atoms with E-state index < -0.39 is 9.84 Å². The summed E-state index contributed by atoms with van der Waals surface area (Å²) in [6.45, 7) is 0. The lowest BCUT2D eigenvalue weighted by Gasteiger charge is -2.09. The van der Waals surface area contributed by atoms with Gasteiger partial charge in [-0.1, -0.05) is 47.5 Å². The summed E-state index contributed by atoms with van der Waals surface area (Å²) in [5.74, 6) is 0. The maximum absolute atomic E-state index is 12.8. The summed E-state index contributed by atoms with van der Waals surface area (Å²) in [6, 6.07) is 16.4. The summed E-state index contributed by atoms with van der Waals surface area (Å²) in [5.41, 5.74) is 0. The number of rotatable bonds is 2. The SMILES string of the molecule is O=S(=O)(c1ccc(Cl)cc1)c1ccc(Cl)c2ccccc12. The molecule has 106 valence electrons. The van der Waals surface area contributed by atoms with E-state index in [-0.39, 0.29) is 9.79 Å². The van der Waals surface area contributed by atoms with Crippen LogP contribution in [0.3, 0.4) is 0 Å². The molecular formula is C16H10Cl2O2S. The van der Waals surface area contributed by atoms with Crippen molar-refractivity contribution in [2.75, 3.05) is 0 Å². The smallest absolute Gasteiger partial charge is 0.207 e. The van der Waals surface area contributed by atoms with Crippen LogP contribution in [0.2, 0.25) is 10.0 Å². The van der Waals surface area contributed by atoms with Gasteiger partial charge in [0.2, 0.25) is 9.84 Å². The lowest BCUT2D eigenvalue weighted by molar-refractivity contribution is 0.597. The molecule has 3 rings (SSSR count). The average Bonchev–Trinajstić information content (AvgIpc) is 2.48. The Balaban J connectivity index is 2.29. The van der Waals surface area contributed by atoms with Gasteiger partial charge in [-0.25, -0.2) is 8.42 Å². The number of hydrogen-bond acceptors (Lipinski definition) is 2. The minimum atomic E-state index is -3.62. The molecule has 0 saturated heterocycles. The fourth-order valence-corrected chi connectivity index (χ4v) is 4.03. The summed E-state index contributed by atoms with van der Waals surface area (Å²) in [4.78, 5) is 0.448. The summed E-state index contributed by atoms with van der Waals surface area (Å²) in [7, 11) is -3.62. The van der Waals surface area contributed by atoms with Gasteiger partial charge < -0.3 is 0 Å². The highest BCUT2D eigenvalue weighted by Crippen LogP contribution is 2.32. The van der Waals surface area contributed by atoms with Gasteiger partial charge in [-0.15, -0.1) is 0 Å². The van der Waals surface area contributed by atoms with Crippen LogP contribution in [0.4, 0.5) is 0 Å². The molecule has 0 N–H and O–H groups in total. The van der Waals surface area contributed by atoms with Crippen molar-refractivity contribution in [3.8, 4) is 0 Å². The van der Waals surface area contributed by atoms with Crippen molar-refractivity contribution in [3.05, 3.63) is 70.7 Å². The van der Waals surface area contributed by atoms with Gasteiger partial charge in [-0.3, -0.25) is 0 Å². The summed E-state index contributed by atoms with van der Waals surface area (Å²) in [6.07, 6.45) is 0. The number of halogens is 2. The number of sulfone groups is 1. The number of benzene rings is 3. The molecule has 5 heteroatoms. The minimum Gasteiger partial charge on any atom is -0.218 e. The molecule has 0 amide bonds. The Morgan fingerprint density at radius 3 is 2.00 bits per heavy atom. The second kappa shape index (κ2) is 5.34. The molecule has 0 atom stereocenters. The fraction of sp³-hybridized carbons (Fsp3) is 0. The van der Waals surface area contributed by atoms with E-state index in [1.165, 1.54) is 18.2 Å². The van der Waals surface area contributed by atoms with E-state index in [1.807, 2.05) is 6.07 Å². The topological polar surface area (TPSA) is 34.1 Å². The van der Waals surface area contributed by atoms with Gasteiger partial charge in [0.05, 0.1) is 9.79 Å². The average molecular weight is 337 g/mol. The first kappa shape index (κ1) is 14.4. The van der Waals surface area contributed by atoms with E-state index in [4.69, 9.17) is 23.2 Å². The van der Waals surface area contributed by atoms with E-state index in [9.17, 15) is 8.42 Å². The maximum atomic E-state index is 12.8. The molecule has 3 aromatic rings. The predicted molar refractivity (Wildman–Crippen MR) is 85.9 cm³/mol. The Morgan fingerprint density at radius 1 is 0.714 bits per heavy atom. The molecule has 0 unspecified atom stereocenters. The molecule has 0 aliphatic carbocycles. The number of hydrogen-bond donors (Lipinski definition) is 0. The van der Waals surface area contributed by atoms with Crippen molar-refractivity contribution >= 4 is 43.8 Å². The van der Waals surface area contributed by atoms with Gasteiger partial charge in [-0.05, 0) is 36.4 Å². The first-order chi connectivity index (χ1) is 10.00. The van der Waals surface area contributed by atoms with Crippen LogP contribution in [0.25, 0.3) is 10.8 Å². The lowest BCUT2D eigenvalue weighted by Crippen LogP contribution is -2.02. The Hall–Kier alpha value is -1.55. The molecular weight excluding hydrogens is 327 g/mol. The molecule has 0 heterocycles. The monoisotopic (exact) mass is 336 g/mol. The third-order valence-corrected chi connectivity index (χ3v) is 5.65. The first-order valence-electron chi connectivity index (χ1n) is 6.18. The first-order valence-corrected chi connectivity index (χ1v) is 8.42. The normalized spacial score (nSPS) is 11.7. The van der Waals surface area contributed by atoms with E-state index in [0.717, 1.165) is 0 Å². The van der Waals surface area contributed by atoms with Crippen LogP contribution >= 0.6 is 23.2 Å². The van der Waals surface area contributed by atoms with Crippen molar-refractivity contribution in [2.24, 2.45) is 0 Å². The van der Waals surface area contributed by atoms with Crippen LogP contribution in [-0.2, 0) is 9.84 Å². The van der Waals surface area contributed by atoms with Crippen LogP contribution < -0.4 is 0 Å². The van der Waals surface area contributed by atoms with Gasteiger partial charge in [0, 0.05) is 20.8 Å². The van der Waals surface area contributed by atoms with Gasteiger partial charge in [0.15, 0.2) is 0 Å². The molecule has 0 bridgehead atoms. The second-order valence-corrected chi connectivity index (χ2v) is 7.31. The zero-order chi connectivity index (χ0) is 15.0. The number of fused-ring (bicyclic) bond motifs is 1. The molecule has 0 aliphatic rings. The predicted octanol–water partition coefficient (Wildman–Crippen LogP) is 4.98. The Morgan fingerprint density at radius 2 is 1.33 bits per heavy atom. The third kappa shape index (κ3) is 2.53. The summed E-state index contributed by atoms with van der Waals surface area (Å²) >= 11 is 11.9. The van der Waals surface area contributed by atoms with Gasteiger partial charge in [0.25, 0.3) is 0 Å². The van der Waals surface area contributed by atoms with Crippen molar-refractivity contribution in [3.63, 3.8) is 0 Å². The molecule has 0 radical (unpaired) electrons. The van der Waals surface area contributed by atoms with E-state index >= 15 is 0 Å². The van der Waals surface area contributed by atoms with Crippen molar-refractivity contribution in [1.29, 1.82) is 0 Å². The van der Waals surface area contributed by atoms with E-state index in [1.54, 1.807) is 36.4 Å². The lowest BCUT2D eigenvalue weighted by atomic mass is 10.1. The van der Waals surface area contributed by atoms with Crippen molar-refractivity contribution in [1.82, 2.24) is 0 Å². The van der Waals surface area contributed by atoms with Crippen LogP contribution in [0, 0.1) is 0 Å². The highest BCUT2D eigenvalue weighted by atomic mass is 35.5. The molecule has 0 saturated carbocycles. The van der Waals surface area contributed by atoms with Crippen molar-refractivity contribution < 1.29 is 8.42 Å². The van der Waals surface area contributed by atoms with Crippen LogP contribution in [-0.4, -0.2) is 8.42 Å². The highest BCUT2D eigenvalue weighted by Gasteiger charge is 2.20. The third-order valence-electron chi connectivity index (χ3n) is 3.24. The zero-order valence-corrected chi connectivity index (χ0v) is 13.1. The minimum absolute atomic E-state index is 0.208. The van der Waals surface area contributed by atoms with Crippen LogP contribution in [0.15, 0.2) is 70.5 Å². The van der Waals surface area contributed by atoms with E-state index in [0.29, 0.717) is 20.8 Å². The standard InChI is InChI=1S/C16H10Cl2O2S/c17-11-5-7-12(8-6-11)21(19,20)16-10-9-15(18)13-3-1-2-4-14(13)16/h1-10H. The van der Waals surface area contributed by atoms with Crippen LogP contribution in [0.5, 0.6) is 0 Å². The van der Waals surface area contributed by atoms with Crippen molar-refractivity contribution in [2.45, 2.75) is 9.79 Å². The molecule has 21 heavy (non-hydrogen) atoms. The highest BCUT2D eigenvalue weighted by molar-refractivity contribution is 7.91. The molecule has 0 spiro atoms. The Bertz CT molecular complexity index is 917. The maximum Gasteiger partial charge on any atom is 0.207 e. The largest absolute Gasteiger partial charge is 0.218 e. The fourth-order valence-electron chi connectivity index (χ4n) is 2.21. The Labute approximate surface area is 132 Å². The quantitative estimate of drug-likeness (QED) is 0.661.